The van der Waals surface area contributed by atoms with E-state index in [1.165, 1.54) is 37.7 Å². The maximum atomic E-state index is 6.48. The summed E-state index contributed by atoms with van der Waals surface area (Å²) in [6.07, 6.45) is 0. The zero-order valence-electron chi connectivity index (χ0n) is 30.1. The van der Waals surface area contributed by atoms with Crippen molar-refractivity contribution in [3.8, 4) is 67.5 Å². The van der Waals surface area contributed by atoms with Crippen LogP contribution in [-0.4, -0.2) is 15.0 Å². The molecule has 4 nitrogen and oxygen atoms in total. The Morgan fingerprint density at radius 1 is 0.339 bits per heavy atom. The van der Waals surface area contributed by atoms with Gasteiger partial charge in [0.25, 0.3) is 0 Å². The average Bonchev–Trinajstić information content (AvgIpc) is 3.85. The van der Waals surface area contributed by atoms with Crippen LogP contribution in [0.4, 0.5) is 0 Å². The molecule has 0 N–H and O–H groups in total. The second-order valence-corrected chi connectivity index (χ2v) is 15.0. The number of nitrogens with zero attached hydrogens (tertiary/aromatic N) is 3. The first-order valence-electron chi connectivity index (χ1n) is 18.7. The van der Waals surface area contributed by atoms with Crippen molar-refractivity contribution in [2.24, 2.45) is 0 Å². The van der Waals surface area contributed by atoms with Crippen molar-refractivity contribution in [1.82, 2.24) is 15.0 Å². The molecule has 0 saturated heterocycles. The van der Waals surface area contributed by atoms with Gasteiger partial charge in [0, 0.05) is 47.6 Å². The van der Waals surface area contributed by atoms with Crippen molar-refractivity contribution in [2.75, 3.05) is 0 Å². The zero-order chi connectivity index (χ0) is 37.0. The lowest BCUT2D eigenvalue weighted by molar-refractivity contribution is 0.669. The zero-order valence-corrected chi connectivity index (χ0v) is 30.9. The highest BCUT2D eigenvalue weighted by Gasteiger charge is 2.20. The Kier molecular flexibility index (Phi) is 7.64. The molecule has 0 aliphatic carbocycles. The first-order chi connectivity index (χ1) is 27.7. The number of aromatic nitrogens is 3. The van der Waals surface area contributed by atoms with Crippen LogP contribution < -0.4 is 0 Å². The molecule has 0 unspecified atom stereocenters. The molecule has 0 radical (unpaired) electrons. The molecule has 3 heterocycles. The number of furan rings is 1. The highest BCUT2D eigenvalue weighted by Crippen LogP contribution is 2.41. The second-order valence-electron chi connectivity index (χ2n) is 14.0. The van der Waals surface area contributed by atoms with Crippen LogP contribution in [0.3, 0.4) is 0 Å². The van der Waals surface area contributed by atoms with Gasteiger partial charge >= 0.3 is 0 Å². The van der Waals surface area contributed by atoms with Crippen LogP contribution in [0, 0.1) is 0 Å². The number of thiophene rings is 1. The van der Waals surface area contributed by atoms with Crippen LogP contribution in [0.2, 0.25) is 0 Å². The maximum Gasteiger partial charge on any atom is 0.165 e. The minimum atomic E-state index is 0.605. The Balaban J connectivity index is 1.02. The molecule has 8 aromatic carbocycles. The van der Waals surface area contributed by atoms with E-state index in [9.17, 15) is 0 Å². The van der Waals surface area contributed by atoms with E-state index in [0.29, 0.717) is 17.5 Å². The van der Waals surface area contributed by atoms with Crippen molar-refractivity contribution in [3.63, 3.8) is 0 Å². The standard InChI is InChI=1S/C51H31N3OS/c1-3-11-32(12-4-1)33-21-23-34(24-22-33)35-25-27-36(28-26-35)38-29-30-44-43(31-38)47-41(17-10-19-45(47)55-44)50-52-49(37-13-5-2-6-14-37)53-51(54-50)42-18-9-16-40-39-15-7-8-20-46(39)56-48(40)42/h1-31H. The summed E-state index contributed by atoms with van der Waals surface area (Å²) in [6.45, 7) is 0. The fourth-order valence-corrected chi connectivity index (χ4v) is 9.00. The normalized spacial score (nSPS) is 11.6. The largest absolute Gasteiger partial charge is 0.456 e. The van der Waals surface area contributed by atoms with Gasteiger partial charge in [-0.25, -0.2) is 15.0 Å². The summed E-state index contributed by atoms with van der Waals surface area (Å²) >= 11 is 1.78. The van der Waals surface area contributed by atoms with Crippen molar-refractivity contribution in [2.45, 2.75) is 0 Å². The SMILES string of the molecule is c1ccc(-c2ccc(-c3ccc(-c4ccc5oc6cccc(-c7nc(-c8ccccc8)nc(-c8cccc9c8sc8ccccc89)n7)c6c5c4)cc3)cc2)cc1. The fraction of sp³-hybridized carbons (Fsp3) is 0. The van der Waals surface area contributed by atoms with E-state index in [0.717, 1.165) is 54.5 Å². The van der Waals surface area contributed by atoms with Crippen LogP contribution in [0.5, 0.6) is 0 Å². The average molecular weight is 734 g/mol. The lowest BCUT2D eigenvalue weighted by Crippen LogP contribution is -2.00. The lowest BCUT2D eigenvalue weighted by atomic mass is 9.97. The molecular weight excluding hydrogens is 703 g/mol. The summed E-state index contributed by atoms with van der Waals surface area (Å²) in [5.74, 6) is 1.88. The third-order valence-corrected chi connectivity index (χ3v) is 11.8. The van der Waals surface area contributed by atoms with E-state index in [2.05, 4.69) is 140 Å². The van der Waals surface area contributed by atoms with Gasteiger partial charge in [-0.15, -0.1) is 11.3 Å². The summed E-state index contributed by atoms with van der Waals surface area (Å²) in [5.41, 5.74) is 11.5. The lowest BCUT2D eigenvalue weighted by Gasteiger charge is -2.10. The molecule has 262 valence electrons. The van der Waals surface area contributed by atoms with E-state index in [4.69, 9.17) is 19.4 Å². The van der Waals surface area contributed by atoms with Gasteiger partial charge in [0.1, 0.15) is 11.2 Å². The first-order valence-corrected chi connectivity index (χ1v) is 19.5. The monoisotopic (exact) mass is 733 g/mol. The predicted molar refractivity (Wildman–Crippen MR) is 233 cm³/mol. The Bertz CT molecular complexity index is 3220. The number of hydrogen-bond donors (Lipinski definition) is 0. The molecule has 0 aliphatic rings. The molecule has 0 spiro atoms. The number of fused-ring (bicyclic) bond motifs is 6. The van der Waals surface area contributed by atoms with Crippen molar-refractivity contribution in [1.29, 1.82) is 0 Å². The summed E-state index contributed by atoms with van der Waals surface area (Å²) < 4.78 is 8.88. The van der Waals surface area contributed by atoms with Crippen molar-refractivity contribution >= 4 is 53.4 Å². The van der Waals surface area contributed by atoms with E-state index < -0.39 is 0 Å². The molecule has 0 atom stereocenters. The Hall–Kier alpha value is -7.21. The molecule has 11 rings (SSSR count). The minimum Gasteiger partial charge on any atom is -0.456 e. The molecule has 5 heteroatoms. The Morgan fingerprint density at radius 3 is 1.57 bits per heavy atom. The van der Waals surface area contributed by atoms with Crippen molar-refractivity contribution in [3.05, 3.63) is 188 Å². The van der Waals surface area contributed by atoms with Gasteiger partial charge in [0.15, 0.2) is 17.5 Å². The summed E-state index contributed by atoms with van der Waals surface area (Å²) in [5, 5.41) is 4.44. The minimum absolute atomic E-state index is 0.605. The topological polar surface area (TPSA) is 51.8 Å². The third-order valence-electron chi connectivity index (χ3n) is 10.6. The number of rotatable bonds is 6. The van der Waals surface area contributed by atoms with Crippen LogP contribution >= 0.6 is 11.3 Å². The van der Waals surface area contributed by atoms with Gasteiger partial charge < -0.3 is 4.42 Å². The molecule has 0 fully saturated rings. The van der Waals surface area contributed by atoms with Gasteiger partial charge in [-0.3, -0.25) is 0 Å². The fourth-order valence-electron chi connectivity index (χ4n) is 7.79. The molecule has 3 aromatic heterocycles. The van der Waals surface area contributed by atoms with Crippen LogP contribution in [0.1, 0.15) is 0 Å². The molecule has 11 aromatic rings. The molecule has 0 saturated carbocycles. The number of benzene rings is 8. The van der Waals surface area contributed by atoms with Crippen LogP contribution in [0.25, 0.3) is 110 Å². The van der Waals surface area contributed by atoms with E-state index >= 15 is 0 Å². The van der Waals surface area contributed by atoms with Gasteiger partial charge in [-0.05, 0) is 63.7 Å². The second kappa shape index (κ2) is 13.3. The van der Waals surface area contributed by atoms with Gasteiger partial charge in [-0.2, -0.15) is 0 Å². The molecular formula is C51H31N3OS. The van der Waals surface area contributed by atoms with E-state index in [-0.39, 0.29) is 0 Å². The Labute approximate surface area is 327 Å². The van der Waals surface area contributed by atoms with Crippen LogP contribution in [0.15, 0.2) is 192 Å². The predicted octanol–water partition coefficient (Wildman–Crippen LogP) is 14.1. The number of hydrogen-bond acceptors (Lipinski definition) is 5. The highest BCUT2D eigenvalue weighted by atomic mass is 32.1. The molecule has 0 aliphatic heterocycles. The summed E-state index contributed by atoms with van der Waals surface area (Å²) in [7, 11) is 0. The highest BCUT2D eigenvalue weighted by molar-refractivity contribution is 7.26. The molecule has 0 bridgehead atoms. The molecule has 56 heavy (non-hydrogen) atoms. The van der Waals surface area contributed by atoms with Crippen LogP contribution in [-0.2, 0) is 0 Å². The summed E-state index contributed by atoms with van der Waals surface area (Å²) in [6, 6.07) is 65.7. The smallest absolute Gasteiger partial charge is 0.165 e. The van der Waals surface area contributed by atoms with E-state index in [1.54, 1.807) is 11.3 Å². The third kappa shape index (κ3) is 5.56. The van der Waals surface area contributed by atoms with E-state index in [1.807, 2.05) is 48.5 Å². The maximum absolute atomic E-state index is 6.48. The van der Waals surface area contributed by atoms with Crippen molar-refractivity contribution < 1.29 is 4.42 Å². The first kappa shape index (κ1) is 32.2. The van der Waals surface area contributed by atoms with Gasteiger partial charge in [-0.1, -0.05) is 158 Å². The van der Waals surface area contributed by atoms with Gasteiger partial charge in [0.05, 0.1) is 0 Å². The quantitative estimate of drug-likeness (QED) is 0.171. The summed E-state index contributed by atoms with van der Waals surface area (Å²) in [4.78, 5) is 15.5. The Morgan fingerprint density at radius 2 is 0.857 bits per heavy atom. The molecule has 0 amide bonds. The van der Waals surface area contributed by atoms with Gasteiger partial charge in [0.2, 0.25) is 0 Å².